The van der Waals surface area contributed by atoms with Crippen molar-refractivity contribution < 1.29 is 14.8 Å². The molecule has 0 unspecified atom stereocenters. The van der Waals surface area contributed by atoms with Crippen LogP contribution in [0.15, 0.2) is 60.7 Å². The molecule has 0 atom stereocenters. The van der Waals surface area contributed by atoms with Crippen LogP contribution in [-0.4, -0.2) is 40.8 Å². The van der Waals surface area contributed by atoms with Crippen molar-refractivity contribution in [1.29, 1.82) is 0 Å². The van der Waals surface area contributed by atoms with Gasteiger partial charge in [0, 0.05) is 36.6 Å². The first kappa shape index (κ1) is 24.5. The number of hydrogen-bond donors (Lipinski definition) is 4. The molecule has 0 aliphatic rings. The molecular formula is C28H29N5O3. The van der Waals surface area contributed by atoms with Crippen LogP contribution in [0, 0.1) is 20.8 Å². The zero-order chi connectivity index (χ0) is 26.0. The van der Waals surface area contributed by atoms with Gasteiger partial charge < -0.3 is 21.2 Å². The van der Waals surface area contributed by atoms with E-state index >= 15 is 0 Å². The highest BCUT2D eigenvalue weighted by Gasteiger charge is 2.23. The number of rotatable bonds is 6. The Hall–Kier alpha value is -4.59. The highest BCUT2D eigenvalue weighted by Crippen LogP contribution is 2.34. The minimum absolute atomic E-state index is 0.0128. The van der Waals surface area contributed by atoms with Crippen LogP contribution in [0.5, 0.6) is 0 Å². The fourth-order valence-corrected chi connectivity index (χ4v) is 4.35. The van der Waals surface area contributed by atoms with E-state index < -0.39 is 5.91 Å². The lowest BCUT2D eigenvalue weighted by molar-refractivity contribution is 0.0956. The smallest absolute Gasteiger partial charge is 0.277 e. The van der Waals surface area contributed by atoms with Crippen molar-refractivity contribution in [1.82, 2.24) is 15.0 Å². The number of amides is 2. The van der Waals surface area contributed by atoms with Gasteiger partial charge in [-0.25, -0.2) is 4.98 Å². The molecule has 0 aliphatic carbocycles. The fraction of sp³-hybridized carbons (Fsp3) is 0.179. The minimum Gasteiger partial charge on any atom is -0.426 e. The van der Waals surface area contributed by atoms with Gasteiger partial charge in [-0.15, -0.1) is 0 Å². The highest BCUT2D eigenvalue weighted by molar-refractivity contribution is 6.05. The molecule has 8 heteroatoms. The van der Waals surface area contributed by atoms with Gasteiger partial charge in [-0.1, -0.05) is 24.3 Å². The van der Waals surface area contributed by atoms with E-state index in [1.54, 1.807) is 31.2 Å². The van der Waals surface area contributed by atoms with Crippen LogP contribution in [-0.2, 0) is 0 Å². The summed E-state index contributed by atoms with van der Waals surface area (Å²) in [5.41, 5.74) is 7.09. The predicted octanol–water partition coefficient (Wildman–Crippen LogP) is 5.03. The number of aromatic nitrogens is 2. The lowest BCUT2D eigenvalue weighted by Gasteiger charge is -2.14. The van der Waals surface area contributed by atoms with E-state index in [2.05, 4.69) is 46.9 Å². The number of anilines is 2. The Morgan fingerprint density at radius 3 is 2.17 bits per heavy atom. The van der Waals surface area contributed by atoms with Gasteiger partial charge in [0.1, 0.15) is 0 Å². The molecule has 8 nitrogen and oxygen atoms in total. The molecule has 36 heavy (non-hydrogen) atoms. The summed E-state index contributed by atoms with van der Waals surface area (Å²) in [5, 5.41) is 19.5. The van der Waals surface area contributed by atoms with Crippen molar-refractivity contribution in [3.63, 3.8) is 0 Å². The van der Waals surface area contributed by atoms with E-state index in [1.165, 1.54) is 7.05 Å². The third-order valence-corrected chi connectivity index (χ3v) is 6.10. The van der Waals surface area contributed by atoms with E-state index in [1.807, 2.05) is 31.3 Å². The molecule has 1 aromatic heterocycles. The summed E-state index contributed by atoms with van der Waals surface area (Å²) in [6.45, 7) is 5.79. The number of aryl methyl sites for hydroxylation is 3. The van der Waals surface area contributed by atoms with Gasteiger partial charge in [-0.05, 0) is 79.4 Å². The number of nitrogens with zero attached hydrogens (tertiary/aromatic N) is 2. The maximum atomic E-state index is 13.1. The second-order valence-corrected chi connectivity index (χ2v) is 8.61. The summed E-state index contributed by atoms with van der Waals surface area (Å²) >= 11 is 0. The van der Waals surface area contributed by atoms with Crippen LogP contribution < -0.4 is 16.0 Å². The summed E-state index contributed by atoms with van der Waals surface area (Å²) in [7, 11) is 3.37. The number of benzene rings is 3. The molecule has 4 aromatic rings. The molecule has 0 saturated carbocycles. The van der Waals surface area contributed by atoms with Crippen LogP contribution in [0.4, 0.5) is 11.4 Å². The van der Waals surface area contributed by atoms with E-state index in [9.17, 15) is 14.8 Å². The molecule has 4 rings (SSSR count). The molecule has 0 radical (unpaired) electrons. The number of hydrogen-bond acceptors (Lipinski definition) is 5. The number of carbonyl (C=O) groups is 2. The summed E-state index contributed by atoms with van der Waals surface area (Å²) < 4.78 is 0.816. The zero-order valence-corrected chi connectivity index (χ0v) is 20.9. The van der Waals surface area contributed by atoms with Gasteiger partial charge in [-0.2, -0.15) is 4.73 Å². The summed E-state index contributed by atoms with van der Waals surface area (Å²) in [6, 6.07) is 18.6. The van der Waals surface area contributed by atoms with Crippen molar-refractivity contribution in [3.8, 4) is 22.5 Å². The second kappa shape index (κ2) is 9.95. The summed E-state index contributed by atoms with van der Waals surface area (Å²) in [5.74, 6) is -0.551. The first-order valence-corrected chi connectivity index (χ1v) is 11.6. The van der Waals surface area contributed by atoms with E-state index in [4.69, 9.17) is 0 Å². The van der Waals surface area contributed by atoms with Crippen molar-refractivity contribution in [2.75, 3.05) is 24.7 Å². The first-order chi connectivity index (χ1) is 17.2. The average Bonchev–Trinajstić information content (AvgIpc) is 3.17. The molecule has 1 heterocycles. The number of nitrogens with one attached hydrogen (secondary N) is 3. The standard InChI is InChI=1S/C28H29N5O3/c1-16-8-6-9-17(2)24(16)20-12-21(15-23(14-20)29-4)26-31-18(3)25(33(26)36)28(35)32-22-11-7-10-19(13-22)27(34)30-5/h6-15,29,36H,1-5H3,(H,30,34)(H,32,35). The Bertz CT molecular complexity index is 1450. The lowest BCUT2D eigenvalue weighted by atomic mass is 9.94. The molecule has 0 aliphatic heterocycles. The Kier molecular flexibility index (Phi) is 6.78. The molecule has 2 amide bonds. The molecule has 0 saturated heterocycles. The minimum atomic E-state index is -0.539. The Labute approximate surface area is 210 Å². The quantitative estimate of drug-likeness (QED) is 0.288. The molecule has 4 N–H and O–H groups in total. The van der Waals surface area contributed by atoms with Crippen molar-refractivity contribution >= 4 is 23.2 Å². The van der Waals surface area contributed by atoms with Gasteiger partial charge in [0.05, 0.1) is 5.69 Å². The van der Waals surface area contributed by atoms with Crippen LogP contribution in [0.1, 0.15) is 37.7 Å². The van der Waals surface area contributed by atoms with E-state index in [0.717, 1.165) is 32.7 Å². The van der Waals surface area contributed by atoms with Gasteiger partial charge in [0.15, 0.2) is 11.5 Å². The maximum absolute atomic E-state index is 13.1. The molecular weight excluding hydrogens is 454 g/mol. The molecule has 0 bridgehead atoms. The third-order valence-electron chi connectivity index (χ3n) is 6.10. The fourth-order valence-electron chi connectivity index (χ4n) is 4.35. The Morgan fingerprint density at radius 2 is 1.50 bits per heavy atom. The van der Waals surface area contributed by atoms with Gasteiger partial charge in [0.25, 0.3) is 11.8 Å². The largest absolute Gasteiger partial charge is 0.426 e. The average molecular weight is 484 g/mol. The molecule has 0 fully saturated rings. The highest BCUT2D eigenvalue weighted by atomic mass is 16.5. The Morgan fingerprint density at radius 1 is 0.833 bits per heavy atom. The number of carbonyl (C=O) groups excluding carboxylic acids is 2. The second-order valence-electron chi connectivity index (χ2n) is 8.61. The molecule has 0 spiro atoms. The normalized spacial score (nSPS) is 10.7. The van der Waals surface area contributed by atoms with Crippen molar-refractivity contribution in [3.05, 3.63) is 88.7 Å². The van der Waals surface area contributed by atoms with Gasteiger partial charge in [0.2, 0.25) is 0 Å². The first-order valence-electron chi connectivity index (χ1n) is 11.6. The van der Waals surface area contributed by atoms with Crippen molar-refractivity contribution in [2.24, 2.45) is 0 Å². The summed E-state index contributed by atoms with van der Waals surface area (Å²) in [4.78, 5) is 29.6. The summed E-state index contributed by atoms with van der Waals surface area (Å²) in [6.07, 6.45) is 0. The lowest BCUT2D eigenvalue weighted by Crippen LogP contribution is -2.20. The topological polar surface area (TPSA) is 108 Å². The third kappa shape index (κ3) is 4.65. The van der Waals surface area contributed by atoms with E-state index in [-0.39, 0.29) is 17.4 Å². The van der Waals surface area contributed by atoms with Crippen LogP contribution in [0.2, 0.25) is 0 Å². The number of imidazole rings is 1. The van der Waals surface area contributed by atoms with Crippen LogP contribution in [0.25, 0.3) is 22.5 Å². The van der Waals surface area contributed by atoms with Crippen molar-refractivity contribution in [2.45, 2.75) is 20.8 Å². The molecule has 184 valence electrons. The Balaban J connectivity index is 1.73. The van der Waals surface area contributed by atoms with E-state index in [0.29, 0.717) is 22.5 Å². The van der Waals surface area contributed by atoms with Crippen LogP contribution >= 0.6 is 0 Å². The maximum Gasteiger partial charge on any atom is 0.277 e. The molecule has 3 aromatic carbocycles. The SMILES string of the molecule is CNC(=O)c1cccc(NC(=O)c2c(C)nc(-c3cc(NC)cc(-c4c(C)cccc4C)c3)n2O)c1. The monoisotopic (exact) mass is 483 g/mol. The zero-order valence-electron chi connectivity index (χ0n) is 20.9. The van der Waals surface area contributed by atoms with Crippen LogP contribution in [0.3, 0.4) is 0 Å². The predicted molar refractivity (Wildman–Crippen MR) is 142 cm³/mol. The van der Waals surface area contributed by atoms with Gasteiger partial charge >= 0.3 is 0 Å². The van der Waals surface area contributed by atoms with Gasteiger partial charge in [-0.3, -0.25) is 9.59 Å².